The lowest BCUT2D eigenvalue weighted by Crippen LogP contribution is -2.42. The molecule has 2 heterocycles. The first-order valence-corrected chi connectivity index (χ1v) is 9.44. The fourth-order valence-corrected chi connectivity index (χ4v) is 6.33. The molecular weight excluding hydrogens is 374 g/mol. The van der Waals surface area contributed by atoms with Crippen LogP contribution in [0.4, 0.5) is 0 Å². The van der Waals surface area contributed by atoms with Crippen LogP contribution in [0, 0.1) is 0 Å². The maximum absolute atomic E-state index is 12.6. The standard InChI is InChI=1S/C11H15BrClNO3S2/c1-17-8-3-2-4-14(7-8)19(15,16)10-5-9(6-13)18-11(10)12/h5,8H,2-4,6-7H2,1H3. The van der Waals surface area contributed by atoms with E-state index in [1.54, 1.807) is 13.2 Å². The fourth-order valence-electron chi connectivity index (χ4n) is 2.09. The predicted molar refractivity (Wildman–Crippen MR) is 80.4 cm³/mol. The first kappa shape index (κ1) is 15.7. The van der Waals surface area contributed by atoms with Crippen molar-refractivity contribution in [3.05, 3.63) is 14.7 Å². The molecule has 1 unspecified atom stereocenters. The van der Waals surface area contributed by atoms with Crippen molar-refractivity contribution in [2.75, 3.05) is 20.2 Å². The van der Waals surface area contributed by atoms with Crippen LogP contribution >= 0.6 is 38.9 Å². The summed E-state index contributed by atoms with van der Waals surface area (Å²) in [4.78, 5) is 1.15. The number of rotatable bonds is 4. The second kappa shape index (κ2) is 6.41. The Morgan fingerprint density at radius 3 is 2.95 bits per heavy atom. The molecule has 4 nitrogen and oxygen atoms in total. The Bertz CT molecular complexity index is 546. The van der Waals surface area contributed by atoms with E-state index in [2.05, 4.69) is 15.9 Å². The molecule has 1 aromatic rings. The quantitative estimate of drug-likeness (QED) is 0.745. The number of nitrogens with zero attached hydrogens (tertiary/aromatic N) is 1. The molecule has 1 atom stereocenters. The average Bonchev–Trinajstić information content (AvgIpc) is 2.81. The second-order valence-corrected chi connectivity index (χ2v) is 8.98. The molecule has 0 amide bonds. The van der Waals surface area contributed by atoms with Crippen LogP contribution in [0.5, 0.6) is 0 Å². The van der Waals surface area contributed by atoms with Crippen molar-refractivity contribution in [2.24, 2.45) is 0 Å². The summed E-state index contributed by atoms with van der Waals surface area (Å²) in [6.07, 6.45) is 1.70. The van der Waals surface area contributed by atoms with Crippen molar-refractivity contribution in [3.63, 3.8) is 0 Å². The van der Waals surface area contributed by atoms with E-state index in [0.29, 0.717) is 27.7 Å². The third-order valence-electron chi connectivity index (χ3n) is 3.13. The first-order chi connectivity index (χ1) is 8.98. The Hall–Kier alpha value is 0.340. The average molecular weight is 389 g/mol. The van der Waals surface area contributed by atoms with E-state index in [-0.39, 0.29) is 6.10 Å². The van der Waals surface area contributed by atoms with E-state index >= 15 is 0 Å². The van der Waals surface area contributed by atoms with Gasteiger partial charge in [0.1, 0.15) is 4.90 Å². The van der Waals surface area contributed by atoms with Gasteiger partial charge in [-0.05, 0) is 34.8 Å². The zero-order chi connectivity index (χ0) is 14.0. The highest BCUT2D eigenvalue weighted by molar-refractivity contribution is 9.11. The summed E-state index contributed by atoms with van der Waals surface area (Å²) in [5.74, 6) is 0.319. The van der Waals surface area contributed by atoms with Gasteiger partial charge in [0.2, 0.25) is 10.0 Å². The van der Waals surface area contributed by atoms with Crippen molar-refractivity contribution in [3.8, 4) is 0 Å². The number of halogens is 2. The van der Waals surface area contributed by atoms with Gasteiger partial charge in [-0.1, -0.05) is 0 Å². The zero-order valence-electron chi connectivity index (χ0n) is 10.4. The summed E-state index contributed by atoms with van der Waals surface area (Å²) in [5, 5.41) is 0. The van der Waals surface area contributed by atoms with E-state index in [1.165, 1.54) is 15.6 Å². The Morgan fingerprint density at radius 2 is 2.37 bits per heavy atom. The molecule has 0 N–H and O–H groups in total. The van der Waals surface area contributed by atoms with E-state index in [4.69, 9.17) is 16.3 Å². The third kappa shape index (κ3) is 3.33. The number of hydrogen-bond acceptors (Lipinski definition) is 4. The minimum Gasteiger partial charge on any atom is -0.380 e. The van der Waals surface area contributed by atoms with Crippen LogP contribution in [0.2, 0.25) is 0 Å². The second-order valence-electron chi connectivity index (χ2n) is 4.35. The summed E-state index contributed by atoms with van der Waals surface area (Å²) in [6, 6.07) is 1.65. The van der Waals surface area contributed by atoms with Gasteiger partial charge in [-0.15, -0.1) is 22.9 Å². The number of methoxy groups -OCH3 is 1. The molecule has 0 bridgehead atoms. The molecule has 2 rings (SSSR count). The molecule has 1 aliphatic heterocycles. The molecule has 8 heteroatoms. The van der Waals surface area contributed by atoms with Crippen LogP contribution in [-0.2, 0) is 20.6 Å². The number of hydrogen-bond donors (Lipinski definition) is 0. The smallest absolute Gasteiger partial charge is 0.245 e. The van der Waals surface area contributed by atoms with Gasteiger partial charge in [0, 0.05) is 25.1 Å². The predicted octanol–water partition coefficient (Wildman–Crippen LogP) is 3.05. The van der Waals surface area contributed by atoms with Crippen LogP contribution in [-0.4, -0.2) is 39.0 Å². The van der Waals surface area contributed by atoms with Crippen molar-refractivity contribution in [1.82, 2.24) is 4.31 Å². The normalized spacial score (nSPS) is 21.7. The van der Waals surface area contributed by atoms with Crippen LogP contribution < -0.4 is 0 Å². The summed E-state index contributed by atoms with van der Waals surface area (Å²) < 4.78 is 32.6. The lowest BCUT2D eigenvalue weighted by molar-refractivity contribution is 0.0572. The van der Waals surface area contributed by atoms with Gasteiger partial charge in [0.15, 0.2) is 0 Å². The number of thiophene rings is 1. The van der Waals surface area contributed by atoms with Crippen LogP contribution in [0.3, 0.4) is 0 Å². The maximum atomic E-state index is 12.6. The van der Waals surface area contributed by atoms with Crippen molar-refractivity contribution >= 4 is 48.9 Å². The molecule has 1 saturated heterocycles. The summed E-state index contributed by atoms with van der Waals surface area (Å²) in [6.45, 7) is 0.956. The van der Waals surface area contributed by atoms with Crippen LogP contribution in [0.1, 0.15) is 17.7 Å². The van der Waals surface area contributed by atoms with Gasteiger partial charge in [0.05, 0.1) is 15.8 Å². The Labute approximate surface area is 130 Å². The maximum Gasteiger partial charge on any atom is 0.245 e. The van der Waals surface area contributed by atoms with Gasteiger partial charge >= 0.3 is 0 Å². The molecule has 0 spiro atoms. The molecule has 1 fully saturated rings. The lowest BCUT2D eigenvalue weighted by atomic mass is 10.1. The molecule has 0 radical (unpaired) electrons. The van der Waals surface area contributed by atoms with Crippen molar-refractivity contribution < 1.29 is 13.2 Å². The van der Waals surface area contributed by atoms with Crippen LogP contribution in [0.25, 0.3) is 0 Å². The molecule has 108 valence electrons. The SMILES string of the molecule is COC1CCCN(S(=O)(=O)c2cc(CCl)sc2Br)C1. The monoisotopic (exact) mass is 387 g/mol. The highest BCUT2D eigenvalue weighted by Crippen LogP contribution is 2.35. The van der Waals surface area contributed by atoms with E-state index < -0.39 is 10.0 Å². The minimum absolute atomic E-state index is 0.0200. The van der Waals surface area contributed by atoms with Crippen molar-refractivity contribution in [1.29, 1.82) is 0 Å². The first-order valence-electron chi connectivity index (χ1n) is 5.86. The Kier molecular flexibility index (Phi) is 5.30. The molecular formula is C11H15BrClNO3S2. The summed E-state index contributed by atoms with van der Waals surface area (Å²) >= 11 is 10.4. The van der Waals surface area contributed by atoms with Crippen molar-refractivity contribution in [2.45, 2.75) is 29.7 Å². The van der Waals surface area contributed by atoms with Gasteiger partial charge in [0.25, 0.3) is 0 Å². The third-order valence-corrected chi connectivity index (χ3v) is 7.69. The molecule has 0 aliphatic carbocycles. The molecule has 19 heavy (non-hydrogen) atoms. The minimum atomic E-state index is -3.47. The lowest BCUT2D eigenvalue weighted by Gasteiger charge is -2.30. The number of piperidine rings is 1. The van der Waals surface area contributed by atoms with Gasteiger partial charge in [-0.2, -0.15) is 4.31 Å². The highest BCUT2D eigenvalue weighted by Gasteiger charge is 2.32. The molecule has 1 aromatic heterocycles. The van der Waals surface area contributed by atoms with Gasteiger partial charge in [-0.3, -0.25) is 0 Å². The summed E-state index contributed by atoms with van der Waals surface area (Å²) in [7, 11) is -1.85. The summed E-state index contributed by atoms with van der Waals surface area (Å²) in [5.41, 5.74) is 0. The van der Waals surface area contributed by atoms with Gasteiger partial charge in [-0.25, -0.2) is 8.42 Å². The molecule has 0 aromatic carbocycles. The number of ether oxygens (including phenoxy) is 1. The number of sulfonamides is 1. The van der Waals surface area contributed by atoms with Gasteiger partial charge < -0.3 is 4.74 Å². The Balaban J connectivity index is 2.28. The topological polar surface area (TPSA) is 46.6 Å². The fraction of sp³-hybridized carbons (Fsp3) is 0.636. The van der Waals surface area contributed by atoms with E-state index in [1.807, 2.05) is 0 Å². The van der Waals surface area contributed by atoms with Crippen LogP contribution in [0.15, 0.2) is 14.7 Å². The van der Waals surface area contributed by atoms with E-state index in [0.717, 1.165) is 17.7 Å². The molecule has 0 saturated carbocycles. The number of alkyl halides is 1. The zero-order valence-corrected chi connectivity index (χ0v) is 14.4. The van der Waals surface area contributed by atoms with E-state index in [9.17, 15) is 8.42 Å². The largest absolute Gasteiger partial charge is 0.380 e. The highest BCUT2D eigenvalue weighted by atomic mass is 79.9. The Morgan fingerprint density at radius 1 is 1.63 bits per heavy atom. The molecule has 1 aliphatic rings.